The molecule has 4 heteroatoms. The number of nitrogens with one attached hydrogen (secondary N) is 2. The number of carbonyl (C=O) groups is 2. The summed E-state index contributed by atoms with van der Waals surface area (Å²) < 4.78 is 0. The van der Waals surface area contributed by atoms with E-state index in [9.17, 15) is 9.59 Å². The van der Waals surface area contributed by atoms with Crippen molar-refractivity contribution in [3.05, 3.63) is 107 Å². The molecule has 0 aliphatic heterocycles. The highest BCUT2D eigenvalue weighted by atomic mass is 16.2. The lowest BCUT2D eigenvalue weighted by Gasteiger charge is -2.22. The normalized spacial score (nSPS) is 11.7. The van der Waals surface area contributed by atoms with Gasteiger partial charge in [0.05, 0.1) is 6.04 Å². The summed E-state index contributed by atoms with van der Waals surface area (Å²) in [6, 6.07) is 25.9. The molecular weight excluding hydrogens is 348 g/mol. The maximum atomic E-state index is 12.8. The van der Waals surface area contributed by atoms with Crippen LogP contribution in [0.2, 0.25) is 0 Å². The smallest absolute Gasteiger partial charge is 0.251 e. The molecule has 0 saturated heterocycles. The van der Waals surface area contributed by atoms with Crippen LogP contribution in [0.25, 0.3) is 0 Å². The fourth-order valence-electron chi connectivity index (χ4n) is 2.97. The lowest BCUT2D eigenvalue weighted by Crippen LogP contribution is -2.46. The molecule has 1 unspecified atom stereocenters. The van der Waals surface area contributed by atoms with E-state index < -0.39 is 6.04 Å². The van der Waals surface area contributed by atoms with Gasteiger partial charge in [0.2, 0.25) is 5.91 Å². The van der Waals surface area contributed by atoms with Gasteiger partial charge in [0.25, 0.3) is 5.91 Å². The summed E-state index contributed by atoms with van der Waals surface area (Å²) >= 11 is 0. The molecule has 0 saturated carbocycles. The highest BCUT2D eigenvalue weighted by Gasteiger charge is 2.22. The lowest BCUT2D eigenvalue weighted by atomic mass is 9.98. The number of benzene rings is 3. The lowest BCUT2D eigenvalue weighted by molar-refractivity contribution is -0.123. The van der Waals surface area contributed by atoms with E-state index in [2.05, 4.69) is 10.6 Å². The largest absolute Gasteiger partial charge is 0.343 e. The molecule has 142 valence electrons. The SMILES string of the molecule is Cc1ccc(C(=O)NC(C)C(=O)NC(c2ccccc2)c2ccccc2)cc1. The molecule has 0 radical (unpaired) electrons. The van der Waals surface area contributed by atoms with Crippen molar-refractivity contribution in [2.75, 3.05) is 0 Å². The van der Waals surface area contributed by atoms with Crippen LogP contribution in [0, 0.1) is 6.92 Å². The van der Waals surface area contributed by atoms with Crippen molar-refractivity contribution in [3.8, 4) is 0 Å². The van der Waals surface area contributed by atoms with Gasteiger partial charge >= 0.3 is 0 Å². The molecule has 0 bridgehead atoms. The van der Waals surface area contributed by atoms with Crippen molar-refractivity contribution in [3.63, 3.8) is 0 Å². The van der Waals surface area contributed by atoms with E-state index in [-0.39, 0.29) is 17.9 Å². The van der Waals surface area contributed by atoms with Crippen molar-refractivity contribution < 1.29 is 9.59 Å². The van der Waals surface area contributed by atoms with Crippen LogP contribution in [-0.2, 0) is 4.79 Å². The zero-order valence-electron chi connectivity index (χ0n) is 16.1. The minimum Gasteiger partial charge on any atom is -0.343 e. The van der Waals surface area contributed by atoms with Gasteiger partial charge in [-0.2, -0.15) is 0 Å². The molecule has 0 heterocycles. The first-order chi connectivity index (χ1) is 13.5. The average Bonchev–Trinajstić information content (AvgIpc) is 2.73. The number of rotatable bonds is 6. The van der Waals surface area contributed by atoms with Crippen LogP contribution < -0.4 is 10.6 Å². The Balaban J connectivity index is 1.72. The predicted octanol–water partition coefficient (Wildman–Crippen LogP) is 4.02. The van der Waals surface area contributed by atoms with E-state index in [0.717, 1.165) is 16.7 Å². The van der Waals surface area contributed by atoms with Gasteiger partial charge in [0.1, 0.15) is 6.04 Å². The molecule has 28 heavy (non-hydrogen) atoms. The van der Waals surface area contributed by atoms with Crippen LogP contribution in [0.5, 0.6) is 0 Å². The zero-order chi connectivity index (χ0) is 19.9. The molecule has 0 aliphatic carbocycles. The van der Waals surface area contributed by atoms with Crippen LogP contribution >= 0.6 is 0 Å². The summed E-state index contributed by atoms with van der Waals surface area (Å²) in [6.45, 7) is 3.65. The topological polar surface area (TPSA) is 58.2 Å². The summed E-state index contributed by atoms with van der Waals surface area (Å²) in [4.78, 5) is 25.2. The molecule has 1 atom stereocenters. The van der Waals surface area contributed by atoms with Crippen LogP contribution in [-0.4, -0.2) is 17.9 Å². The first-order valence-electron chi connectivity index (χ1n) is 9.32. The molecule has 0 aliphatic rings. The van der Waals surface area contributed by atoms with Crippen molar-refractivity contribution in [1.29, 1.82) is 0 Å². The molecule has 3 aromatic carbocycles. The van der Waals surface area contributed by atoms with Gasteiger partial charge in [0, 0.05) is 5.56 Å². The average molecular weight is 372 g/mol. The van der Waals surface area contributed by atoms with E-state index >= 15 is 0 Å². The number of amides is 2. The molecule has 0 aromatic heterocycles. The Labute approximate surface area is 165 Å². The second-order valence-electron chi connectivity index (χ2n) is 6.82. The quantitative estimate of drug-likeness (QED) is 0.687. The Morgan fingerprint density at radius 1 is 0.714 bits per heavy atom. The Kier molecular flexibility index (Phi) is 6.22. The Morgan fingerprint density at radius 3 is 1.71 bits per heavy atom. The number of carbonyl (C=O) groups excluding carboxylic acids is 2. The Morgan fingerprint density at radius 2 is 1.21 bits per heavy atom. The summed E-state index contributed by atoms with van der Waals surface area (Å²) in [5.74, 6) is -0.503. The minimum absolute atomic E-state index is 0.238. The molecule has 2 N–H and O–H groups in total. The predicted molar refractivity (Wildman–Crippen MR) is 111 cm³/mol. The third-order valence-corrected chi connectivity index (χ3v) is 4.61. The second-order valence-corrected chi connectivity index (χ2v) is 6.82. The highest BCUT2D eigenvalue weighted by molar-refractivity contribution is 5.97. The maximum Gasteiger partial charge on any atom is 0.251 e. The van der Waals surface area contributed by atoms with E-state index in [0.29, 0.717) is 5.56 Å². The van der Waals surface area contributed by atoms with Crippen LogP contribution in [0.3, 0.4) is 0 Å². The monoisotopic (exact) mass is 372 g/mol. The summed E-state index contributed by atoms with van der Waals surface area (Å²) in [6.07, 6.45) is 0. The summed E-state index contributed by atoms with van der Waals surface area (Å²) in [5.41, 5.74) is 3.59. The first kappa shape index (κ1) is 19.4. The van der Waals surface area contributed by atoms with Gasteiger partial charge in [0.15, 0.2) is 0 Å². The van der Waals surface area contributed by atoms with Gasteiger partial charge in [-0.25, -0.2) is 0 Å². The van der Waals surface area contributed by atoms with Crippen LogP contribution in [0.15, 0.2) is 84.9 Å². The number of hydrogen-bond donors (Lipinski definition) is 2. The first-order valence-corrected chi connectivity index (χ1v) is 9.32. The van der Waals surface area contributed by atoms with Gasteiger partial charge in [-0.15, -0.1) is 0 Å². The van der Waals surface area contributed by atoms with Gasteiger partial charge < -0.3 is 10.6 Å². The molecule has 0 fully saturated rings. The molecule has 3 aromatic rings. The third kappa shape index (κ3) is 4.86. The molecule has 0 spiro atoms. The van der Waals surface area contributed by atoms with E-state index in [1.54, 1.807) is 19.1 Å². The standard InChI is InChI=1S/C24H24N2O2/c1-17-13-15-21(16-14-17)24(28)25-18(2)23(27)26-22(19-9-5-3-6-10-19)20-11-7-4-8-12-20/h3-16,18,22H,1-2H3,(H,25,28)(H,26,27). The fraction of sp³-hybridized carbons (Fsp3) is 0.167. The van der Waals surface area contributed by atoms with Crippen molar-refractivity contribution in [1.82, 2.24) is 10.6 Å². The molecule has 3 rings (SSSR count). The molecule has 2 amide bonds. The van der Waals surface area contributed by atoms with Crippen molar-refractivity contribution in [2.24, 2.45) is 0 Å². The van der Waals surface area contributed by atoms with E-state index in [1.807, 2.05) is 79.7 Å². The molecule has 4 nitrogen and oxygen atoms in total. The minimum atomic E-state index is -0.663. The van der Waals surface area contributed by atoms with Gasteiger partial charge in [-0.1, -0.05) is 78.4 Å². The van der Waals surface area contributed by atoms with E-state index in [4.69, 9.17) is 0 Å². The maximum absolute atomic E-state index is 12.8. The summed E-state index contributed by atoms with van der Waals surface area (Å²) in [7, 11) is 0. The van der Waals surface area contributed by atoms with Gasteiger partial charge in [-0.05, 0) is 37.1 Å². The second kappa shape index (κ2) is 9.00. The Bertz CT molecular complexity index is 882. The third-order valence-electron chi connectivity index (χ3n) is 4.61. The zero-order valence-corrected chi connectivity index (χ0v) is 16.1. The number of aryl methyl sites for hydroxylation is 1. The van der Waals surface area contributed by atoms with E-state index in [1.165, 1.54) is 0 Å². The Hall–Kier alpha value is -3.40. The van der Waals surface area contributed by atoms with Crippen molar-refractivity contribution in [2.45, 2.75) is 25.9 Å². The van der Waals surface area contributed by atoms with Crippen LogP contribution in [0.1, 0.15) is 40.0 Å². The fourth-order valence-corrected chi connectivity index (χ4v) is 2.97. The highest BCUT2D eigenvalue weighted by Crippen LogP contribution is 2.21. The van der Waals surface area contributed by atoms with Crippen molar-refractivity contribution >= 4 is 11.8 Å². The molecular formula is C24H24N2O2. The number of hydrogen-bond acceptors (Lipinski definition) is 2. The van der Waals surface area contributed by atoms with Crippen LogP contribution in [0.4, 0.5) is 0 Å². The summed E-state index contributed by atoms with van der Waals surface area (Å²) in [5, 5.41) is 5.83. The van der Waals surface area contributed by atoms with Gasteiger partial charge in [-0.3, -0.25) is 9.59 Å².